The van der Waals surface area contributed by atoms with Crippen LogP contribution < -0.4 is 10.1 Å². The third-order valence-electron chi connectivity index (χ3n) is 4.86. The molecule has 1 aromatic carbocycles. The molecule has 2 aliphatic rings. The van der Waals surface area contributed by atoms with Crippen LogP contribution in [0.25, 0.3) is 0 Å². The summed E-state index contributed by atoms with van der Waals surface area (Å²) in [7, 11) is 0. The van der Waals surface area contributed by atoms with Gasteiger partial charge in [0.25, 0.3) is 0 Å². The van der Waals surface area contributed by atoms with Crippen LogP contribution >= 0.6 is 0 Å². The number of hydrogen-bond acceptors (Lipinski definition) is 2. The summed E-state index contributed by atoms with van der Waals surface area (Å²) < 4.78 is 9.07. The van der Waals surface area contributed by atoms with Crippen molar-refractivity contribution in [1.82, 2.24) is 9.88 Å². The van der Waals surface area contributed by atoms with Crippen molar-refractivity contribution in [3.8, 4) is 5.75 Å². The number of nitrogens with zero attached hydrogens (tertiary/aromatic N) is 1. The second-order valence-electron chi connectivity index (χ2n) is 6.28. The van der Waals surface area contributed by atoms with E-state index in [0.717, 1.165) is 44.6 Å². The molecule has 0 bridgehead atoms. The Morgan fingerprint density at radius 2 is 2.05 bits per heavy atom. The van der Waals surface area contributed by atoms with Crippen LogP contribution in [0.5, 0.6) is 5.75 Å². The maximum absolute atomic E-state index is 6.67. The lowest BCUT2D eigenvalue weighted by atomic mass is 9.88. The van der Waals surface area contributed by atoms with Gasteiger partial charge in [0.2, 0.25) is 0 Å². The minimum Gasteiger partial charge on any atom is -0.481 e. The Bertz CT molecular complexity index is 651. The molecule has 1 saturated heterocycles. The van der Waals surface area contributed by atoms with Crippen LogP contribution in [0.3, 0.4) is 0 Å². The molecule has 1 spiro atoms. The summed E-state index contributed by atoms with van der Waals surface area (Å²) in [5, 5.41) is 3.52. The topological polar surface area (TPSA) is 26.2 Å². The summed E-state index contributed by atoms with van der Waals surface area (Å²) in [5.41, 5.74) is 3.83. The average molecular weight is 282 g/mol. The van der Waals surface area contributed by atoms with Gasteiger partial charge in [-0.25, -0.2) is 0 Å². The summed E-state index contributed by atoms with van der Waals surface area (Å²) in [6.45, 7) is 5.24. The first-order valence-electron chi connectivity index (χ1n) is 7.92. The van der Waals surface area contributed by atoms with Gasteiger partial charge in [0.05, 0.1) is 12.2 Å². The molecule has 3 nitrogen and oxygen atoms in total. The molecular weight excluding hydrogens is 260 g/mol. The molecule has 1 unspecified atom stereocenters. The van der Waals surface area contributed by atoms with Crippen molar-refractivity contribution in [2.75, 3.05) is 13.1 Å². The Morgan fingerprint density at radius 3 is 3.00 bits per heavy atom. The van der Waals surface area contributed by atoms with Crippen molar-refractivity contribution >= 4 is 0 Å². The third-order valence-corrected chi connectivity index (χ3v) is 4.86. The largest absolute Gasteiger partial charge is 0.481 e. The Labute approximate surface area is 125 Å². The van der Waals surface area contributed by atoms with Gasteiger partial charge < -0.3 is 14.6 Å². The highest BCUT2D eigenvalue weighted by atomic mass is 16.5. The van der Waals surface area contributed by atoms with E-state index in [1.807, 2.05) is 0 Å². The third kappa shape index (κ3) is 2.07. The van der Waals surface area contributed by atoms with E-state index in [2.05, 4.69) is 53.3 Å². The highest BCUT2D eigenvalue weighted by molar-refractivity contribution is 5.40. The molecule has 0 radical (unpaired) electrons. The van der Waals surface area contributed by atoms with Crippen molar-refractivity contribution in [2.24, 2.45) is 0 Å². The Balaban J connectivity index is 1.90. The van der Waals surface area contributed by atoms with Gasteiger partial charge in [-0.3, -0.25) is 0 Å². The van der Waals surface area contributed by atoms with Gasteiger partial charge in [-0.1, -0.05) is 18.2 Å². The molecule has 0 amide bonds. The molecule has 110 valence electrons. The molecule has 1 N–H and O–H groups in total. The van der Waals surface area contributed by atoms with Crippen LogP contribution in [-0.4, -0.2) is 17.7 Å². The highest BCUT2D eigenvalue weighted by Crippen LogP contribution is 2.42. The van der Waals surface area contributed by atoms with Crippen molar-refractivity contribution in [2.45, 2.75) is 38.3 Å². The molecule has 1 atom stereocenters. The number of aryl methyl sites for hydroxylation is 1. The second kappa shape index (κ2) is 4.92. The molecule has 1 aromatic heterocycles. The summed E-state index contributed by atoms with van der Waals surface area (Å²) >= 11 is 0. The predicted molar refractivity (Wildman–Crippen MR) is 83.7 cm³/mol. The zero-order valence-electron chi connectivity index (χ0n) is 12.6. The van der Waals surface area contributed by atoms with Gasteiger partial charge in [0, 0.05) is 18.2 Å². The number of fused-ring (bicyclic) bond motifs is 3. The SMILES string of the molecule is Cc1ccn2c1C1(CCCNCC1)Oc1ccccc1C2. The Morgan fingerprint density at radius 1 is 1.14 bits per heavy atom. The molecule has 1 fully saturated rings. The van der Waals surface area contributed by atoms with Crippen LogP contribution in [0.2, 0.25) is 0 Å². The van der Waals surface area contributed by atoms with E-state index < -0.39 is 0 Å². The second-order valence-corrected chi connectivity index (χ2v) is 6.28. The molecule has 2 aliphatic heterocycles. The lowest BCUT2D eigenvalue weighted by molar-refractivity contribution is 0.0480. The molecule has 0 aliphatic carbocycles. The predicted octanol–water partition coefficient (Wildman–Crippen LogP) is 3.21. The zero-order chi connectivity index (χ0) is 14.3. The number of ether oxygens (including phenoxy) is 1. The summed E-state index contributed by atoms with van der Waals surface area (Å²) in [4.78, 5) is 0. The van der Waals surface area contributed by atoms with Crippen molar-refractivity contribution in [3.05, 3.63) is 53.3 Å². The molecule has 4 rings (SSSR count). The van der Waals surface area contributed by atoms with Crippen LogP contribution in [0, 0.1) is 6.92 Å². The minimum atomic E-state index is -0.177. The van der Waals surface area contributed by atoms with Crippen molar-refractivity contribution in [3.63, 3.8) is 0 Å². The van der Waals surface area contributed by atoms with Gasteiger partial charge in [0.15, 0.2) is 5.60 Å². The molecule has 3 heterocycles. The maximum atomic E-state index is 6.67. The monoisotopic (exact) mass is 282 g/mol. The van der Waals surface area contributed by atoms with Crippen LogP contribution in [0.1, 0.15) is 36.1 Å². The minimum absolute atomic E-state index is 0.177. The lowest BCUT2D eigenvalue weighted by Crippen LogP contribution is -2.36. The average Bonchev–Trinajstić information content (AvgIpc) is 2.67. The molecule has 3 heteroatoms. The van der Waals surface area contributed by atoms with Crippen molar-refractivity contribution < 1.29 is 4.74 Å². The summed E-state index contributed by atoms with van der Waals surface area (Å²) in [6, 6.07) is 10.7. The first-order valence-corrected chi connectivity index (χ1v) is 7.92. The van der Waals surface area contributed by atoms with Gasteiger partial charge >= 0.3 is 0 Å². The fourth-order valence-electron chi connectivity index (χ4n) is 3.89. The van der Waals surface area contributed by atoms with E-state index >= 15 is 0 Å². The zero-order valence-corrected chi connectivity index (χ0v) is 12.6. The maximum Gasteiger partial charge on any atom is 0.150 e. The van der Waals surface area contributed by atoms with E-state index in [4.69, 9.17) is 4.74 Å². The lowest BCUT2D eigenvalue weighted by Gasteiger charge is -2.34. The number of hydrogen-bond donors (Lipinski definition) is 1. The Kier molecular flexibility index (Phi) is 3.03. The normalized spacial score (nSPS) is 24.6. The molecule has 21 heavy (non-hydrogen) atoms. The molecular formula is C18H22N2O. The number of para-hydroxylation sites is 1. The van der Waals surface area contributed by atoms with Crippen LogP contribution in [0.15, 0.2) is 36.5 Å². The Hall–Kier alpha value is -1.74. The van der Waals surface area contributed by atoms with E-state index in [1.54, 1.807) is 0 Å². The summed E-state index contributed by atoms with van der Waals surface area (Å²) in [6.07, 6.45) is 5.49. The first-order chi connectivity index (χ1) is 10.3. The van der Waals surface area contributed by atoms with E-state index in [-0.39, 0.29) is 5.60 Å². The number of benzene rings is 1. The number of nitrogens with one attached hydrogen (secondary N) is 1. The highest BCUT2D eigenvalue weighted by Gasteiger charge is 2.40. The number of aromatic nitrogens is 1. The van der Waals surface area contributed by atoms with Crippen LogP contribution in [0.4, 0.5) is 0 Å². The number of rotatable bonds is 0. The van der Waals surface area contributed by atoms with Gasteiger partial charge in [-0.15, -0.1) is 0 Å². The van der Waals surface area contributed by atoms with E-state index in [9.17, 15) is 0 Å². The van der Waals surface area contributed by atoms with Crippen LogP contribution in [-0.2, 0) is 12.1 Å². The summed E-state index contributed by atoms with van der Waals surface area (Å²) in [5.74, 6) is 1.06. The fourth-order valence-corrected chi connectivity index (χ4v) is 3.89. The van der Waals surface area contributed by atoms with Gasteiger partial charge in [0.1, 0.15) is 5.75 Å². The van der Waals surface area contributed by atoms with E-state index in [1.165, 1.54) is 16.8 Å². The molecule has 2 aromatic rings. The fraction of sp³-hybridized carbons (Fsp3) is 0.444. The van der Waals surface area contributed by atoms with Crippen molar-refractivity contribution in [1.29, 1.82) is 0 Å². The van der Waals surface area contributed by atoms with Gasteiger partial charge in [-0.2, -0.15) is 0 Å². The van der Waals surface area contributed by atoms with Gasteiger partial charge in [-0.05, 0) is 50.6 Å². The van der Waals surface area contributed by atoms with E-state index in [0.29, 0.717) is 0 Å². The first kappa shape index (κ1) is 13.0. The standard InChI is InChI=1S/C18H22N2O/c1-14-7-12-20-13-15-5-2-3-6-16(15)21-18(17(14)20)8-4-10-19-11-9-18/h2-3,5-7,12,19H,4,8-11,13H2,1H3. The smallest absolute Gasteiger partial charge is 0.150 e. The molecule has 0 saturated carbocycles. The quantitative estimate of drug-likeness (QED) is 0.803.